The number of hydrogen-bond acceptors (Lipinski definition) is 6. The zero-order valence-electron chi connectivity index (χ0n) is 16.3. The van der Waals surface area contributed by atoms with Crippen LogP contribution in [-0.2, 0) is 11.4 Å². The van der Waals surface area contributed by atoms with Crippen LogP contribution in [0.3, 0.4) is 0 Å². The van der Waals surface area contributed by atoms with Crippen molar-refractivity contribution in [2.75, 3.05) is 5.75 Å². The van der Waals surface area contributed by atoms with Crippen molar-refractivity contribution in [2.45, 2.75) is 10.9 Å². The van der Waals surface area contributed by atoms with Crippen LogP contribution < -0.4 is 10.2 Å². The van der Waals surface area contributed by atoms with E-state index in [-0.39, 0.29) is 11.7 Å². The number of halogens is 1. The number of benzene rings is 3. The van der Waals surface area contributed by atoms with E-state index in [0.717, 1.165) is 30.2 Å². The Morgan fingerprint density at radius 3 is 2.77 bits per heavy atom. The lowest BCUT2D eigenvalue weighted by Crippen LogP contribution is -2.19. The molecule has 0 aliphatic carbocycles. The topological polar surface area (TPSA) is 63.6 Å². The fourth-order valence-electron chi connectivity index (χ4n) is 2.73. The first-order valence-corrected chi connectivity index (χ1v) is 12.0. The van der Waals surface area contributed by atoms with Gasteiger partial charge in [0.05, 0.1) is 22.2 Å². The zero-order chi connectivity index (χ0) is 21.5. The molecule has 0 aliphatic heterocycles. The Hall–Kier alpha value is -2.68. The molecule has 0 bridgehead atoms. The van der Waals surface area contributed by atoms with Crippen LogP contribution in [0.5, 0.6) is 5.75 Å². The van der Waals surface area contributed by atoms with E-state index < -0.39 is 0 Å². The minimum atomic E-state index is -0.192. The van der Waals surface area contributed by atoms with Gasteiger partial charge in [-0.05, 0) is 35.9 Å². The van der Waals surface area contributed by atoms with Gasteiger partial charge >= 0.3 is 0 Å². The Balaban J connectivity index is 1.33. The number of hydrogen-bond donors (Lipinski definition) is 1. The quantitative estimate of drug-likeness (QED) is 0.182. The summed E-state index contributed by atoms with van der Waals surface area (Å²) in [5, 5.41) is 4.10. The molecule has 5 nitrogen and oxygen atoms in total. The Morgan fingerprint density at radius 1 is 1.13 bits per heavy atom. The fraction of sp³-hybridized carbons (Fsp3) is 0.0870. The van der Waals surface area contributed by atoms with E-state index >= 15 is 0 Å². The number of carbonyl (C=O) groups is 1. The molecule has 8 heteroatoms. The molecule has 0 saturated carbocycles. The number of ether oxygens (including phenoxy) is 1. The van der Waals surface area contributed by atoms with Crippen LogP contribution in [0.1, 0.15) is 11.1 Å². The third-order valence-electron chi connectivity index (χ3n) is 4.20. The number of nitrogens with one attached hydrogen (secondary N) is 1. The summed E-state index contributed by atoms with van der Waals surface area (Å²) in [6.07, 6.45) is 1.59. The Kier molecular flexibility index (Phi) is 7.35. The zero-order valence-corrected chi connectivity index (χ0v) is 19.5. The number of rotatable bonds is 8. The number of hydrazone groups is 1. The van der Waals surface area contributed by atoms with Crippen molar-refractivity contribution in [1.82, 2.24) is 10.4 Å². The molecule has 1 amide bonds. The summed E-state index contributed by atoms with van der Waals surface area (Å²) in [6, 6.07) is 23.6. The molecule has 1 aromatic heterocycles. The van der Waals surface area contributed by atoms with Gasteiger partial charge in [0, 0.05) is 10.0 Å². The van der Waals surface area contributed by atoms with Gasteiger partial charge in [-0.1, -0.05) is 70.2 Å². The summed E-state index contributed by atoms with van der Waals surface area (Å²) in [5.41, 5.74) is 5.37. The Labute approximate surface area is 196 Å². The van der Waals surface area contributed by atoms with Gasteiger partial charge in [0.25, 0.3) is 5.91 Å². The van der Waals surface area contributed by atoms with E-state index in [9.17, 15) is 4.79 Å². The number of thiazole rings is 1. The highest BCUT2D eigenvalue weighted by Crippen LogP contribution is 2.29. The highest BCUT2D eigenvalue weighted by atomic mass is 79.9. The average molecular weight is 512 g/mol. The summed E-state index contributed by atoms with van der Waals surface area (Å²) in [6.45, 7) is 0.453. The molecule has 1 N–H and O–H groups in total. The minimum Gasteiger partial charge on any atom is -0.488 e. The molecule has 0 spiro atoms. The molecule has 0 aliphatic rings. The first-order valence-electron chi connectivity index (χ1n) is 9.44. The summed E-state index contributed by atoms with van der Waals surface area (Å²) in [7, 11) is 0. The van der Waals surface area contributed by atoms with Gasteiger partial charge in [-0.3, -0.25) is 4.79 Å². The Bertz CT molecular complexity index is 1180. The lowest BCUT2D eigenvalue weighted by atomic mass is 10.2. The summed E-state index contributed by atoms with van der Waals surface area (Å²) < 4.78 is 8.81. The van der Waals surface area contributed by atoms with Gasteiger partial charge in [-0.15, -0.1) is 11.3 Å². The van der Waals surface area contributed by atoms with Crippen molar-refractivity contribution in [3.8, 4) is 5.75 Å². The maximum atomic E-state index is 12.2. The van der Waals surface area contributed by atoms with Crippen LogP contribution in [0.15, 0.2) is 86.7 Å². The number of carbonyl (C=O) groups excluding carboxylic acids is 1. The number of para-hydroxylation sites is 1. The van der Waals surface area contributed by atoms with Crippen molar-refractivity contribution >= 4 is 61.4 Å². The van der Waals surface area contributed by atoms with Crippen LogP contribution in [0.2, 0.25) is 0 Å². The van der Waals surface area contributed by atoms with Gasteiger partial charge in [0.15, 0.2) is 4.34 Å². The summed E-state index contributed by atoms with van der Waals surface area (Å²) in [4.78, 5) is 16.7. The van der Waals surface area contributed by atoms with E-state index in [0.29, 0.717) is 12.4 Å². The molecule has 0 fully saturated rings. The SMILES string of the molecule is O=C(CSc1nc2ccccc2s1)N/N=C\c1cc(Br)ccc1OCc1ccccc1. The second-order valence-corrected chi connectivity index (χ2v) is 9.65. The molecule has 31 heavy (non-hydrogen) atoms. The lowest BCUT2D eigenvalue weighted by Gasteiger charge is -2.09. The van der Waals surface area contributed by atoms with Crippen LogP contribution in [0.4, 0.5) is 0 Å². The van der Waals surface area contributed by atoms with E-state index in [1.54, 1.807) is 17.6 Å². The molecule has 4 rings (SSSR count). The van der Waals surface area contributed by atoms with Crippen molar-refractivity contribution in [1.29, 1.82) is 0 Å². The lowest BCUT2D eigenvalue weighted by molar-refractivity contribution is -0.118. The molecule has 0 saturated heterocycles. The van der Waals surface area contributed by atoms with Crippen LogP contribution in [0.25, 0.3) is 10.2 Å². The summed E-state index contributed by atoms with van der Waals surface area (Å²) in [5.74, 6) is 0.740. The second kappa shape index (κ2) is 10.6. The average Bonchev–Trinajstić information content (AvgIpc) is 3.21. The molecule has 1 heterocycles. The maximum absolute atomic E-state index is 12.2. The largest absolute Gasteiger partial charge is 0.488 e. The second-order valence-electron chi connectivity index (χ2n) is 6.49. The molecule has 3 aromatic carbocycles. The molecule has 4 aromatic rings. The first-order chi connectivity index (χ1) is 15.2. The molecule has 0 unspecified atom stereocenters. The maximum Gasteiger partial charge on any atom is 0.250 e. The smallest absolute Gasteiger partial charge is 0.250 e. The van der Waals surface area contributed by atoms with Crippen molar-refractivity contribution < 1.29 is 9.53 Å². The monoisotopic (exact) mass is 511 g/mol. The normalized spacial score (nSPS) is 11.1. The predicted octanol–water partition coefficient (Wildman–Crippen LogP) is 5.88. The van der Waals surface area contributed by atoms with Gasteiger partial charge in [-0.2, -0.15) is 5.10 Å². The number of aromatic nitrogens is 1. The van der Waals surface area contributed by atoms with Gasteiger partial charge in [-0.25, -0.2) is 10.4 Å². The molecular weight excluding hydrogens is 494 g/mol. The highest BCUT2D eigenvalue weighted by Gasteiger charge is 2.08. The third-order valence-corrected chi connectivity index (χ3v) is 6.88. The van der Waals surface area contributed by atoms with Gasteiger partial charge in [0.1, 0.15) is 12.4 Å². The predicted molar refractivity (Wildman–Crippen MR) is 131 cm³/mol. The standard InChI is InChI=1S/C23H18BrN3O2S2/c24-18-10-11-20(29-14-16-6-2-1-3-7-16)17(12-18)13-25-27-22(28)15-30-23-26-19-8-4-5-9-21(19)31-23/h1-13H,14-15H2,(H,27,28)/b25-13-. The van der Waals surface area contributed by atoms with E-state index in [2.05, 4.69) is 31.4 Å². The van der Waals surface area contributed by atoms with E-state index in [4.69, 9.17) is 4.74 Å². The summed E-state index contributed by atoms with van der Waals surface area (Å²) >= 11 is 6.44. The molecule has 0 atom stereocenters. The number of fused-ring (bicyclic) bond motifs is 1. The van der Waals surface area contributed by atoms with Crippen molar-refractivity contribution in [3.63, 3.8) is 0 Å². The third kappa shape index (κ3) is 6.16. The van der Waals surface area contributed by atoms with Crippen molar-refractivity contribution in [3.05, 3.63) is 88.4 Å². The van der Waals surface area contributed by atoms with E-state index in [1.165, 1.54) is 11.8 Å². The highest BCUT2D eigenvalue weighted by molar-refractivity contribution is 9.10. The minimum absolute atomic E-state index is 0.192. The fourth-order valence-corrected chi connectivity index (χ4v) is 4.97. The molecular formula is C23H18BrN3O2S2. The number of nitrogens with zero attached hydrogens (tertiary/aromatic N) is 2. The van der Waals surface area contributed by atoms with Gasteiger partial charge in [0.2, 0.25) is 0 Å². The van der Waals surface area contributed by atoms with E-state index in [1.807, 2.05) is 72.8 Å². The van der Waals surface area contributed by atoms with Crippen LogP contribution in [0, 0.1) is 0 Å². The molecule has 156 valence electrons. The molecule has 0 radical (unpaired) electrons. The van der Waals surface area contributed by atoms with Crippen LogP contribution in [-0.4, -0.2) is 22.9 Å². The first kappa shape index (κ1) is 21.5. The van der Waals surface area contributed by atoms with Crippen LogP contribution >= 0.6 is 39.0 Å². The number of thioether (sulfide) groups is 1. The Morgan fingerprint density at radius 2 is 1.94 bits per heavy atom. The van der Waals surface area contributed by atoms with Crippen molar-refractivity contribution in [2.24, 2.45) is 5.10 Å². The number of amides is 1. The van der Waals surface area contributed by atoms with Gasteiger partial charge < -0.3 is 4.74 Å².